The van der Waals surface area contributed by atoms with Gasteiger partial charge in [0.2, 0.25) is 0 Å². The summed E-state index contributed by atoms with van der Waals surface area (Å²) >= 11 is 5.74. The van der Waals surface area contributed by atoms with Crippen LogP contribution >= 0.6 is 11.6 Å². The van der Waals surface area contributed by atoms with E-state index in [4.69, 9.17) is 22.1 Å². The Labute approximate surface area is 135 Å². The van der Waals surface area contributed by atoms with Crippen molar-refractivity contribution in [1.29, 1.82) is 0 Å². The highest BCUT2D eigenvalue weighted by Gasteiger charge is 2.14. The van der Waals surface area contributed by atoms with E-state index >= 15 is 0 Å². The molecule has 0 bridgehead atoms. The van der Waals surface area contributed by atoms with Gasteiger partial charge in [0.25, 0.3) is 11.8 Å². The van der Waals surface area contributed by atoms with Gasteiger partial charge in [0.15, 0.2) is 6.61 Å². The van der Waals surface area contributed by atoms with Crippen LogP contribution in [0.15, 0.2) is 36.4 Å². The van der Waals surface area contributed by atoms with Crippen LogP contribution in [0, 0.1) is 11.6 Å². The summed E-state index contributed by atoms with van der Waals surface area (Å²) in [6, 6.07) is 7.27. The molecule has 2 aromatic carbocycles. The summed E-state index contributed by atoms with van der Waals surface area (Å²) in [6.45, 7) is -0.574. The molecular weight excluding hydrogens is 330 g/mol. The molecule has 0 fully saturated rings. The summed E-state index contributed by atoms with van der Waals surface area (Å²) in [4.78, 5) is 23.0. The first-order valence-electron chi connectivity index (χ1n) is 6.34. The quantitative estimate of drug-likeness (QED) is 0.878. The summed E-state index contributed by atoms with van der Waals surface area (Å²) in [5, 5.41) is 2.32. The Balaban J connectivity index is 2.07. The molecule has 0 unspecified atom stereocenters. The second-order valence-corrected chi connectivity index (χ2v) is 4.87. The molecule has 8 heteroatoms. The average molecular weight is 341 g/mol. The van der Waals surface area contributed by atoms with Crippen LogP contribution in [-0.2, 0) is 4.79 Å². The van der Waals surface area contributed by atoms with E-state index < -0.39 is 35.7 Å². The van der Waals surface area contributed by atoms with Crippen molar-refractivity contribution >= 4 is 29.1 Å². The van der Waals surface area contributed by atoms with Crippen molar-refractivity contribution in [3.63, 3.8) is 0 Å². The predicted octanol–water partition coefficient (Wildman–Crippen LogP) is 2.73. The maximum atomic E-state index is 13.4. The molecule has 23 heavy (non-hydrogen) atoms. The zero-order valence-corrected chi connectivity index (χ0v) is 12.4. The lowest BCUT2D eigenvalue weighted by Crippen LogP contribution is -2.22. The molecule has 3 N–H and O–H groups in total. The fourth-order valence-electron chi connectivity index (χ4n) is 1.76. The van der Waals surface area contributed by atoms with Crippen LogP contribution in [0.4, 0.5) is 14.5 Å². The second kappa shape index (κ2) is 7.06. The van der Waals surface area contributed by atoms with Crippen LogP contribution in [0.25, 0.3) is 0 Å². The molecule has 0 atom stereocenters. The highest BCUT2D eigenvalue weighted by molar-refractivity contribution is 6.31. The zero-order chi connectivity index (χ0) is 17.0. The van der Waals surface area contributed by atoms with Crippen molar-refractivity contribution in [2.75, 3.05) is 11.9 Å². The minimum atomic E-state index is -0.914. The molecule has 0 saturated heterocycles. The van der Waals surface area contributed by atoms with Gasteiger partial charge >= 0.3 is 0 Å². The topological polar surface area (TPSA) is 81.4 Å². The smallest absolute Gasteiger partial charge is 0.262 e. The third kappa shape index (κ3) is 4.17. The van der Waals surface area contributed by atoms with Crippen molar-refractivity contribution < 1.29 is 23.1 Å². The number of anilines is 1. The number of carbonyl (C=O) groups is 2. The average Bonchev–Trinajstić information content (AvgIpc) is 2.49. The lowest BCUT2D eigenvalue weighted by Gasteiger charge is -2.11. The number of para-hydroxylation sites is 1. The van der Waals surface area contributed by atoms with Gasteiger partial charge in [0.05, 0.1) is 5.56 Å². The fourth-order valence-corrected chi connectivity index (χ4v) is 1.93. The van der Waals surface area contributed by atoms with Crippen LogP contribution < -0.4 is 15.8 Å². The molecule has 0 radical (unpaired) electrons. The van der Waals surface area contributed by atoms with Crippen LogP contribution in [0.5, 0.6) is 5.75 Å². The van der Waals surface area contributed by atoms with E-state index in [2.05, 4.69) is 5.32 Å². The lowest BCUT2D eigenvalue weighted by atomic mass is 10.2. The molecule has 0 aromatic heterocycles. The van der Waals surface area contributed by atoms with Crippen molar-refractivity contribution in [1.82, 2.24) is 0 Å². The van der Waals surface area contributed by atoms with Gasteiger partial charge in [-0.15, -0.1) is 0 Å². The van der Waals surface area contributed by atoms with Gasteiger partial charge in [-0.1, -0.05) is 17.7 Å². The van der Waals surface area contributed by atoms with Gasteiger partial charge in [0, 0.05) is 5.02 Å². The van der Waals surface area contributed by atoms with Gasteiger partial charge in [-0.25, -0.2) is 8.78 Å². The summed E-state index contributed by atoms with van der Waals surface area (Å²) in [7, 11) is 0. The third-order valence-electron chi connectivity index (χ3n) is 2.79. The molecule has 0 spiro atoms. The molecule has 2 aromatic rings. The van der Waals surface area contributed by atoms with E-state index in [1.165, 1.54) is 24.3 Å². The van der Waals surface area contributed by atoms with Gasteiger partial charge < -0.3 is 15.8 Å². The number of hydrogen-bond donors (Lipinski definition) is 2. The van der Waals surface area contributed by atoms with Gasteiger partial charge in [-0.2, -0.15) is 0 Å². The minimum Gasteiger partial charge on any atom is -0.483 e. The Bertz CT molecular complexity index is 748. The molecular formula is C15H11ClF2N2O3. The van der Waals surface area contributed by atoms with Crippen molar-refractivity contribution in [2.45, 2.75) is 0 Å². The predicted molar refractivity (Wildman–Crippen MR) is 80.5 cm³/mol. The van der Waals surface area contributed by atoms with E-state index in [0.717, 1.165) is 12.1 Å². The Morgan fingerprint density at radius 2 is 1.83 bits per heavy atom. The fraction of sp³-hybridized carbons (Fsp3) is 0.0667. The van der Waals surface area contributed by atoms with E-state index in [0.29, 0.717) is 0 Å². The Hall–Kier alpha value is -2.67. The van der Waals surface area contributed by atoms with E-state index in [-0.39, 0.29) is 16.3 Å². The largest absolute Gasteiger partial charge is 0.483 e. The second-order valence-electron chi connectivity index (χ2n) is 4.44. The normalized spacial score (nSPS) is 10.2. The van der Waals surface area contributed by atoms with Crippen molar-refractivity contribution in [2.24, 2.45) is 5.73 Å². The summed E-state index contributed by atoms with van der Waals surface area (Å²) < 4.78 is 32.0. The third-order valence-corrected chi connectivity index (χ3v) is 3.03. The monoisotopic (exact) mass is 340 g/mol. The molecule has 2 rings (SSSR count). The minimum absolute atomic E-state index is 0.0117. The lowest BCUT2D eigenvalue weighted by molar-refractivity contribution is -0.118. The van der Waals surface area contributed by atoms with Crippen molar-refractivity contribution in [3.8, 4) is 5.75 Å². The summed E-state index contributed by atoms with van der Waals surface area (Å²) in [5.41, 5.74) is 4.59. The van der Waals surface area contributed by atoms with Gasteiger partial charge in [-0.3, -0.25) is 9.59 Å². The number of primary amides is 1. The molecule has 5 nitrogen and oxygen atoms in total. The first kappa shape index (κ1) is 16.7. The van der Waals surface area contributed by atoms with E-state index in [1.54, 1.807) is 0 Å². The van der Waals surface area contributed by atoms with Crippen molar-refractivity contribution in [3.05, 3.63) is 58.6 Å². The zero-order valence-electron chi connectivity index (χ0n) is 11.6. The highest BCUT2D eigenvalue weighted by atomic mass is 35.5. The first-order valence-corrected chi connectivity index (χ1v) is 6.72. The number of ether oxygens (including phenoxy) is 1. The Kier molecular flexibility index (Phi) is 5.13. The Morgan fingerprint density at radius 3 is 2.43 bits per heavy atom. The van der Waals surface area contributed by atoms with Crippen LogP contribution in [-0.4, -0.2) is 18.4 Å². The number of nitrogens with one attached hydrogen (secondary N) is 1. The maximum absolute atomic E-state index is 13.4. The molecule has 0 aliphatic carbocycles. The number of nitrogens with two attached hydrogens (primary N) is 1. The van der Waals surface area contributed by atoms with Crippen LogP contribution in [0.3, 0.4) is 0 Å². The summed E-state index contributed by atoms with van der Waals surface area (Å²) in [5.74, 6) is -3.39. The number of rotatable bonds is 5. The summed E-state index contributed by atoms with van der Waals surface area (Å²) in [6.07, 6.45) is 0. The first-order chi connectivity index (χ1) is 10.9. The van der Waals surface area contributed by atoms with Gasteiger partial charge in [0.1, 0.15) is 23.1 Å². The molecule has 0 heterocycles. The van der Waals surface area contributed by atoms with Crippen LogP contribution in [0.1, 0.15) is 10.4 Å². The number of hydrogen-bond acceptors (Lipinski definition) is 3. The molecule has 0 aliphatic heterocycles. The number of halogens is 3. The van der Waals surface area contributed by atoms with Crippen LogP contribution in [0.2, 0.25) is 5.02 Å². The van der Waals surface area contributed by atoms with E-state index in [1.807, 2.05) is 0 Å². The number of benzene rings is 2. The molecule has 120 valence electrons. The number of carbonyl (C=O) groups excluding carboxylic acids is 2. The van der Waals surface area contributed by atoms with Gasteiger partial charge in [-0.05, 0) is 30.3 Å². The maximum Gasteiger partial charge on any atom is 0.262 e. The molecule has 0 aliphatic rings. The SMILES string of the molecule is NC(=O)c1cc(Cl)ccc1OCC(=O)Nc1c(F)cccc1F. The molecule has 2 amide bonds. The highest BCUT2D eigenvalue weighted by Crippen LogP contribution is 2.23. The molecule has 0 saturated carbocycles. The Morgan fingerprint density at radius 1 is 1.17 bits per heavy atom. The standard InChI is InChI=1S/C15H11ClF2N2O3/c16-8-4-5-12(9(6-8)15(19)22)23-7-13(21)20-14-10(17)2-1-3-11(14)18/h1-6H,7H2,(H2,19,22)(H,20,21). The van der Waals surface area contributed by atoms with E-state index in [9.17, 15) is 18.4 Å². The number of amides is 2.